The minimum atomic E-state index is 0.0211. The van der Waals surface area contributed by atoms with Gasteiger partial charge in [0.05, 0.1) is 0 Å². The number of pyridine rings is 1. The van der Waals surface area contributed by atoms with Crippen molar-refractivity contribution in [2.75, 3.05) is 0 Å². The zero-order chi connectivity index (χ0) is 10.3. The van der Waals surface area contributed by atoms with Gasteiger partial charge in [0.1, 0.15) is 5.82 Å². The number of hydrogen-bond acceptors (Lipinski definition) is 2. The highest BCUT2D eigenvalue weighted by Gasteiger charge is 2.20. The van der Waals surface area contributed by atoms with Crippen molar-refractivity contribution in [1.29, 1.82) is 0 Å². The van der Waals surface area contributed by atoms with E-state index in [1.54, 1.807) is 0 Å². The molecular formula is C10H12BrN3. The van der Waals surface area contributed by atoms with Crippen LogP contribution in [0, 0.1) is 0 Å². The third-order valence-corrected chi connectivity index (χ3v) is 2.54. The summed E-state index contributed by atoms with van der Waals surface area (Å²) in [5.41, 5.74) is 0.900. The van der Waals surface area contributed by atoms with Gasteiger partial charge in [-0.15, -0.1) is 10.2 Å². The van der Waals surface area contributed by atoms with Crippen molar-refractivity contribution >= 4 is 21.6 Å². The van der Waals surface area contributed by atoms with Crippen LogP contribution in [0.5, 0.6) is 0 Å². The number of aromatic nitrogens is 3. The van der Waals surface area contributed by atoms with E-state index in [1.165, 1.54) is 0 Å². The molecule has 2 aromatic heterocycles. The first kappa shape index (κ1) is 9.65. The van der Waals surface area contributed by atoms with Crippen molar-refractivity contribution in [2.45, 2.75) is 26.2 Å². The van der Waals surface area contributed by atoms with Crippen LogP contribution in [0.3, 0.4) is 0 Å². The van der Waals surface area contributed by atoms with Gasteiger partial charge < -0.3 is 0 Å². The maximum absolute atomic E-state index is 4.20. The van der Waals surface area contributed by atoms with Gasteiger partial charge in [-0.2, -0.15) is 0 Å². The summed E-state index contributed by atoms with van der Waals surface area (Å²) < 4.78 is 3.04. The van der Waals surface area contributed by atoms with Crippen molar-refractivity contribution in [2.24, 2.45) is 0 Å². The van der Waals surface area contributed by atoms with E-state index >= 15 is 0 Å². The summed E-state index contributed by atoms with van der Waals surface area (Å²) in [7, 11) is 0. The Morgan fingerprint density at radius 2 is 2.00 bits per heavy atom. The lowest BCUT2D eigenvalue weighted by atomic mass is 9.96. The standard InChI is InChI=1S/C10H12BrN3/c1-10(2,3)9-13-12-8-6-7(11)4-5-14(8)9/h4-6H,1-3H3. The first-order valence-electron chi connectivity index (χ1n) is 4.49. The van der Waals surface area contributed by atoms with Gasteiger partial charge in [-0.1, -0.05) is 36.7 Å². The lowest BCUT2D eigenvalue weighted by Crippen LogP contribution is -2.15. The van der Waals surface area contributed by atoms with Crippen molar-refractivity contribution < 1.29 is 0 Å². The lowest BCUT2D eigenvalue weighted by molar-refractivity contribution is 0.538. The van der Waals surface area contributed by atoms with Gasteiger partial charge in [-0.3, -0.25) is 4.40 Å². The van der Waals surface area contributed by atoms with E-state index in [-0.39, 0.29) is 5.41 Å². The first-order chi connectivity index (χ1) is 6.48. The Morgan fingerprint density at radius 3 is 2.64 bits per heavy atom. The highest BCUT2D eigenvalue weighted by Crippen LogP contribution is 2.22. The molecule has 4 heteroatoms. The fraction of sp³-hybridized carbons (Fsp3) is 0.400. The fourth-order valence-corrected chi connectivity index (χ4v) is 1.70. The molecule has 0 spiro atoms. The van der Waals surface area contributed by atoms with Gasteiger partial charge in [0.15, 0.2) is 5.65 Å². The molecule has 0 N–H and O–H groups in total. The Kier molecular flexibility index (Phi) is 2.10. The molecule has 0 aliphatic heterocycles. The van der Waals surface area contributed by atoms with E-state index < -0.39 is 0 Å². The fourth-order valence-electron chi connectivity index (χ4n) is 1.38. The number of hydrogen-bond donors (Lipinski definition) is 0. The predicted molar refractivity (Wildman–Crippen MR) is 59.4 cm³/mol. The second-order valence-electron chi connectivity index (χ2n) is 4.35. The molecule has 2 aromatic rings. The smallest absolute Gasteiger partial charge is 0.161 e. The molecule has 0 saturated heterocycles. The van der Waals surface area contributed by atoms with Crippen molar-refractivity contribution in [3.05, 3.63) is 28.6 Å². The Labute approximate surface area is 91.3 Å². The van der Waals surface area contributed by atoms with Crippen LogP contribution in [0.4, 0.5) is 0 Å². The van der Waals surface area contributed by atoms with Gasteiger partial charge in [-0.25, -0.2) is 0 Å². The molecule has 0 unspecified atom stereocenters. The molecule has 0 atom stereocenters. The predicted octanol–water partition coefficient (Wildman–Crippen LogP) is 2.79. The first-order valence-corrected chi connectivity index (χ1v) is 5.28. The summed E-state index contributed by atoms with van der Waals surface area (Å²) >= 11 is 3.41. The minimum Gasteiger partial charge on any atom is -0.286 e. The highest BCUT2D eigenvalue weighted by atomic mass is 79.9. The molecular weight excluding hydrogens is 242 g/mol. The Bertz CT molecular complexity index is 468. The molecule has 3 nitrogen and oxygen atoms in total. The molecule has 0 fully saturated rings. The van der Waals surface area contributed by atoms with Crippen LogP contribution in [-0.2, 0) is 5.41 Å². The molecule has 0 aromatic carbocycles. The highest BCUT2D eigenvalue weighted by molar-refractivity contribution is 9.10. The van der Waals surface area contributed by atoms with Gasteiger partial charge in [0.2, 0.25) is 0 Å². The van der Waals surface area contributed by atoms with Gasteiger partial charge >= 0.3 is 0 Å². The molecule has 0 radical (unpaired) electrons. The summed E-state index contributed by atoms with van der Waals surface area (Å²) in [6, 6.07) is 3.95. The molecule has 0 bridgehead atoms. The van der Waals surface area contributed by atoms with E-state index in [0.29, 0.717) is 0 Å². The van der Waals surface area contributed by atoms with Crippen LogP contribution in [0.2, 0.25) is 0 Å². The van der Waals surface area contributed by atoms with Crippen LogP contribution in [-0.4, -0.2) is 14.6 Å². The second-order valence-corrected chi connectivity index (χ2v) is 5.26. The topological polar surface area (TPSA) is 30.2 Å². The maximum atomic E-state index is 4.20. The van der Waals surface area contributed by atoms with Crippen molar-refractivity contribution in [3.8, 4) is 0 Å². The van der Waals surface area contributed by atoms with Crippen LogP contribution in [0.25, 0.3) is 5.65 Å². The summed E-state index contributed by atoms with van der Waals surface area (Å²) in [6.07, 6.45) is 1.99. The summed E-state index contributed by atoms with van der Waals surface area (Å²) in [5, 5.41) is 8.33. The van der Waals surface area contributed by atoms with Crippen LogP contribution in [0.1, 0.15) is 26.6 Å². The molecule has 0 aliphatic rings. The Hall–Kier alpha value is -0.900. The van der Waals surface area contributed by atoms with Gasteiger partial charge in [0.25, 0.3) is 0 Å². The Morgan fingerprint density at radius 1 is 1.29 bits per heavy atom. The lowest BCUT2D eigenvalue weighted by Gasteiger charge is -2.15. The molecule has 0 amide bonds. The normalized spacial score (nSPS) is 12.3. The molecule has 0 aliphatic carbocycles. The molecule has 0 saturated carbocycles. The molecule has 74 valence electrons. The molecule has 2 heterocycles. The Balaban J connectivity index is 2.70. The largest absolute Gasteiger partial charge is 0.286 e. The molecule has 14 heavy (non-hydrogen) atoms. The minimum absolute atomic E-state index is 0.0211. The number of fused-ring (bicyclic) bond motifs is 1. The number of halogens is 1. The zero-order valence-electron chi connectivity index (χ0n) is 8.45. The van der Waals surface area contributed by atoms with Crippen LogP contribution in [0.15, 0.2) is 22.8 Å². The average molecular weight is 254 g/mol. The van der Waals surface area contributed by atoms with Crippen molar-refractivity contribution in [3.63, 3.8) is 0 Å². The number of nitrogens with zero attached hydrogens (tertiary/aromatic N) is 3. The van der Waals surface area contributed by atoms with Crippen LogP contribution >= 0.6 is 15.9 Å². The third-order valence-electron chi connectivity index (χ3n) is 2.04. The quantitative estimate of drug-likeness (QED) is 0.723. The van der Waals surface area contributed by atoms with E-state index in [2.05, 4.69) is 46.9 Å². The molecule has 2 rings (SSSR count). The summed E-state index contributed by atoms with van der Waals surface area (Å²) in [5.74, 6) is 0.986. The van der Waals surface area contributed by atoms with E-state index in [1.807, 2.05) is 22.7 Å². The van der Waals surface area contributed by atoms with E-state index in [9.17, 15) is 0 Å². The monoisotopic (exact) mass is 253 g/mol. The van der Waals surface area contributed by atoms with Gasteiger partial charge in [-0.05, 0) is 12.1 Å². The van der Waals surface area contributed by atoms with E-state index in [4.69, 9.17) is 0 Å². The zero-order valence-corrected chi connectivity index (χ0v) is 10.0. The van der Waals surface area contributed by atoms with Gasteiger partial charge in [0, 0.05) is 16.1 Å². The maximum Gasteiger partial charge on any atom is 0.161 e. The average Bonchev–Trinajstić information content (AvgIpc) is 2.45. The van der Waals surface area contributed by atoms with Crippen molar-refractivity contribution in [1.82, 2.24) is 14.6 Å². The van der Waals surface area contributed by atoms with E-state index in [0.717, 1.165) is 15.9 Å². The summed E-state index contributed by atoms with van der Waals surface area (Å²) in [6.45, 7) is 6.39. The second kappa shape index (κ2) is 3.05. The third kappa shape index (κ3) is 1.54. The summed E-state index contributed by atoms with van der Waals surface area (Å²) in [4.78, 5) is 0. The van der Waals surface area contributed by atoms with Crippen LogP contribution < -0.4 is 0 Å². The SMILES string of the molecule is CC(C)(C)c1nnc2cc(Br)ccn12. The number of rotatable bonds is 0.